The van der Waals surface area contributed by atoms with Gasteiger partial charge in [-0.3, -0.25) is 14.9 Å². The van der Waals surface area contributed by atoms with Gasteiger partial charge in [0.2, 0.25) is 0 Å². The molecule has 0 bridgehead atoms. The number of rotatable bonds is 5. The van der Waals surface area contributed by atoms with E-state index in [1.807, 2.05) is 0 Å². The number of carbonyl (C=O) groups excluding carboxylic acids is 2. The highest BCUT2D eigenvalue weighted by molar-refractivity contribution is 7.90. The molecule has 10 nitrogen and oxygen atoms in total. The molecular formula is C15H13ClN4O6S. The van der Waals surface area contributed by atoms with Crippen molar-refractivity contribution in [3.63, 3.8) is 0 Å². The van der Waals surface area contributed by atoms with Gasteiger partial charge in [-0.05, 0) is 30.3 Å². The van der Waals surface area contributed by atoms with Crippen LogP contribution in [0.3, 0.4) is 0 Å². The highest BCUT2D eigenvalue weighted by atomic mass is 35.5. The fourth-order valence-corrected chi connectivity index (χ4v) is 3.28. The summed E-state index contributed by atoms with van der Waals surface area (Å²) in [6, 6.07) is 8.94. The summed E-state index contributed by atoms with van der Waals surface area (Å²) in [5.41, 5.74) is -0.326. The van der Waals surface area contributed by atoms with E-state index in [0.29, 0.717) is 5.69 Å². The third-order valence-electron chi connectivity index (χ3n) is 3.31. The molecule has 2 N–H and O–H groups in total. The van der Waals surface area contributed by atoms with Gasteiger partial charge in [-0.1, -0.05) is 6.07 Å². The molecule has 0 aromatic heterocycles. The summed E-state index contributed by atoms with van der Waals surface area (Å²) in [6.45, 7) is 0. The maximum atomic E-state index is 12.5. The van der Waals surface area contributed by atoms with Crippen LogP contribution >= 0.6 is 11.8 Å². The second-order valence-corrected chi connectivity index (χ2v) is 7.39. The van der Waals surface area contributed by atoms with Gasteiger partial charge >= 0.3 is 6.03 Å². The van der Waals surface area contributed by atoms with Crippen molar-refractivity contribution >= 4 is 45.1 Å². The van der Waals surface area contributed by atoms with Gasteiger partial charge < -0.3 is 10.6 Å². The lowest BCUT2D eigenvalue weighted by molar-refractivity contribution is -0.384. The molecule has 2 aromatic rings. The first-order valence-corrected chi connectivity index (χ1v) is 9.03. The smallest absolute Gasteiger partial charge is 0.318 e. The lowest BCUT2D eigenvalue weighted by Gasteiger charge is -2.15. The van der Waals surface area contributed by atoms with Crippen molar-refractivity contribution in [2.75, 3.05) is 12.4 Å². The zero-order chi connectivity index (χ0) is 20.2. The number of nitrogens with zero attached hydrogens (tertiary/aromatic N) is 2. The normalized spacial score (nSPS) is 10.7. The van der Waals surface area contributed by atoms with Crippen LogP contribution in [0.25, 0.3) is 0 Å². The van der Waals surface area contributed by atoms with Crippen molar-refractivity contribution in [1.29, 1.82) is 0 Å². The number of nitro groups is 1. The summed E-state index contributed by atoms with van der Waals surface area (Å²) in [4.78, 5) is 33.3. The number of hydrogen-bond acceptors (Lipinski definition) is 6. The lowest BCUT2D eigenvalue weighted by Crippen LogP contribution is -2.29. The van der Waals surface area contributed by atoms with Gasteiger partial charge in [0.1, 0.15) is 0 Å². The van der Waals surface area contributed by atoms with E-state index in [0.717, 1.165) is 24.3 Å². The minimum Gasteiger partial charge on any atom is -0.341 e. The van der Waals surface area contributed by atoms with Crippen LogP contribution in [0.15, 0.2) is 53.4 Å². The largest absolute Gasteiger partial charge is 0.341 e. The van der Waals surface area contributed by atoms with Crippen molar-refractivity contribution in [2.45, 2.75) is 4.90 Å². The van der Waals surface area contributed by atoms with Gasteiger partial charge in [-0.15, -0.1) is 3.82 Å². The minimum absolute atomic E-state index is 0.0206. The van der Waals surface area contributed by atoms with E-state index < -0.39 is 26.9 Å². The standard InChI is InChI=1S/C15H13ClN4O6S/c1-17-15(22)18-11-5-7-13(8-6-11)27(25,26)19(16)14(21)10-3-2-4-12(9-10)20(23)24/h2-9H,1H3,(H2,17,18,22). The molecule has 0 atom stereocenters. The van der Waals surface area contributed by atoms with Gasteiger partial charge in [-0.25, -0.2) is 4.79 Å². The van der Waals surface area contributed by atoms with Crippen molar-refractivity contribution in [3.05, 3.63) is 64.2 Å². The fraction of sp³-hybridized carbons (Fsp3) is 0.0667. The molecule has 142 valence electrons. The Morgan fingerprint density at radius 3 is 2.33 bits per heavy atom. The second-order valence-electron chi connectivity index (χ2n) is 5.06. The molecule has 0 aliphatic carbocycles. The molecule has 0 radical (unpaired) electrons. The Bertz CT molecular complexity index is 994. The first-order valence-electron chi connectivity index (χ1n) is 7.25. The second kappa shape index (κ2) is 8.01. The third kappa shape index (κ3) is 4.51. The highest BCUT2D eigenvalue weighted by Crippen LogP contribution is 2.23. The number of urea groups is 1. The number of carbonyl (C=O) groups is 2. The first-order chi connectivity index (χ1) is 12.7. The van der Waals surface area contributed by atoms with Crippen molar-refractivity contribution < 1.29 is 22.9 Å². The van der Waals surface area contributed by atoms with Gasteiger partial charge in [-0.2, -0.15) is 8.42 Å². The molecule has 3 amide bonds. The molecule has 2 aromatic carbocycles. The van der Waals surface area contributed by atoms with Crippen molar-refractivity contribution in [1.82, 2.24) is 9.14 Å². The average molecular weight is 413 g/mol. The summed E-state index contributed by atoms with van der Waals surface area (Å²) in [6.07, 6.45) is 0. The number of halogens is 1. The van der Waals surface area contributed by atoms with E-state index in [1.165, 1.54) is 31.3 Å². The molecule has 0 saturated carbocycles. The Kier molecular flexibility index (Phi) is 5.98. The Hall–Kier alpha value is -3.18. The van der Waals surface area contributed by atoms with Crippen LogP contribution in [0.1, 0.15) is 10.4 Å². The Morgan fingerprint density at radius 1 is 1.15 bits per heavy atom. The van der Waals surface area contributed by atoms with Crippen molar-refractivity contribution in [3.8, 4) is 0 Å². The summed E-state index contributed by atoms with van der Waals surface area (Å²) in [5, 5.41) is 15.6. The predicted octanol–water partition coefficient (Wildman–Crippen LogP) is 2.33. The van der Waals surface area contributed by atoms with E-state index in [2.05, 4.69) is 10.6 Å². The van der Waals surface area contributed by atoms with E-state index >= 15 is 0 Å². The monoisotopic (exact) mass is 412 g/mol. The van der Waals surface area contributed by atoms with E-state index in [9.17, 15) is 28.1 Å². The molecule has 27 heavy (non-hydrogen) atoms. The average Bonchev–Trinajstić information content (AvgIpc) is 2.67. The molecular weight excluding hydrogens is 400 g/mol. The number of nitrogens with one attached hydrogen (secondary N) is 2. The molecule has 0 aliphatic rings. The summed E-state index contributed by atoms with van der Waals surface area (Å²) in [5.74, 6) is -1.15. The maximum Gasteiger partial charge on any atom is 0.318 e. The molecule has 0 saturated heterocycles. The zero-order valence-electron chi connectivity index (χ0n) is 13.7. The molecule has 0 aliphatic heterocycles. The van der Waals surface area contributed by atoms with Crippen LogP contribution in [0.4, 0.5) is 16.2 Å². The quantitative estimate of drug-likeness (QED) is 0.439. The van der Waals surface area contributed by atoms with E-state index in [-0.39, 0.29) is 20.0 Å². The fourth-order valence-electron chi connectivity index (χ4n) is 1.96. The Labute approximate surface area is 159 Å². The van der Waals surface area contributed by atoms with E-state index in [1.54, 1.807) is 0 Å². The summed E-state index contributed by atoms with van der Waals surface area (Å²) >= 11 is 5.72. The number of sulfonamides is 1. The van der Waals surface area contributed by atoms with Crippen molar-refractivity contribution in [2.24, 2.45) is 0 Å². The molecule has 0 fully saturated rings. The van der Waals surface area contributed by atoms with Gasteiger partial charge in [0, 0.05) is 42.2 Å². The number of benzene rings is 2. The van der Waals surface area contributed by atoms with Crippen LogP contribution in [0.5, 0.6) is 0 Å². The number of hydrogen-bond donors (Lipinski definition) is 2. The van der Waals surface area contributed by atoms with Crippen LogP contribution in [-0.4, -0.2) is 36.2 Å². The Balaban J connectivity index is 2.27. The number of nitro benzene ring substituents is 1. The van der Waals surface area contributed by atoms with E-state index in [4.69, 9.17) is 11.8 Å². The molecule has 12 heteroatoms. The predicted molar refractivity (Wildman–Crippen MR) is 96.8 cm³/mol. The van der Waals surface area contributed by atoms with Gasteiger partial charge in [0.05, 0.1) is 9.82 Å². The van der Waals surface area contributed by atoms with Crippen LogP contribution in [-0.2, 0) is 10.0 Å². The third-order valence-corrected chi connectivity index (χ3v) is 5.47. The van der Waals surface area contributed by atoms with Crippen LogP contribution in [0, 0.1) is 10.1 Å². The molecule has 0 heterocycles. The van der Waals surface area contributed by atoms with Gasteiger partial charge in [0.15, 0.2) is 0 Å². The Morgan fingerprint density at radius 2 is 1.78 bits per heavy atom. The maximum absolute atomic E-state index is 12.5. The minimum atomic E-state index is -4.42. The topological polar surface area (TPSA) is 139 Å². The molecule has 0 spiro atoms. The van der Waals surface area contributed by atoms with Crippen LogP contribution in [0.2, 0.25) is 0 Å². The SMILES string of the molecule is CNC(=O)Nc1ccc(S(=O)(=O)N(Cl)C(=O)c2cccc([N+](=O)[O-])c2)cc1. The summed E-state index contributed by atoms with van der Waals surface area (Å²) in [7, 11) is -3.00. The molecule has 0 unspecified atom stereocenters. The highest BCUT2D eigenvalue weighted by Gasteiger charge is 2.29. The molecule has 2 rings (SSSR count). The number of amides is 3. The zero-order valence-corrected chi connectivity index (χ0v) is 15.3. The van der Waals surface area contributed by atoms with Crippen LogP contribution < -0.4 is 10.6 Å². The summed E-state index contributed by atoms with van der Waals surface area (Å²) < 4.78 is 25.0. The van der Waals surface area contributed by atoms with Gasteiger partial charge in [0.25, 0.3) is 21.6 Å². The number of non-ortho nitro benzene ring substituents is 1. The first kappa shape index (κ1) is 20.1. The number of anilines is 1. The lowest BCUT2D eigenvalue weighted by atomic mass is 10.2.